The summed E-state index contributed by atoms with van der Waals surface area (Å²) in [5.74, 6) is 0. The average Bonchev–Trinajstić information content (AvgIpc) is 2.29. The Labute approximate surface area is 108 Å². The maximum atomic E-state index is 6.34. The number of hydrogen-bond acceptors (Lipinski definition) is 1. The quantitative estimate of drug-likeness (QED) is 0.281. The summed E-state index contributed by atoms with van der Waals surface area (Å²) in [6.45, 7) is 8.78. The van der Waals surface area contributed by atoms with Gasteiger partial charge in [-0.05, 0) is 19.5 Å². The lowest BCUT2D eigenvalue weighted by molar-refractivity contribution is 0.264. The first-order chi connectivity index (χ1) is 7.76. The van der Waals surface area contributed by atoms with Crippen molar-refractivity contribution in [3.05, 3.63) is 0 Å². The molecular weight excluding hydrogens is 218 g/mol. The van der Waals surface area contributed by atoms with Crippen molar-refractivity contribution in [2.75, 3.05) is 13.1 Å². The Morgan fingerprint density at radius 1 is 0.812 bits per heavy atom. The van der Waals surface area contributed by atoms with E-state index in [0.29, 0.717) is 0 Å². The Balaban J connectivity index is 3.30. The second-order valence-corrected chi connectivity index (χ2v) is 5.07. The minimum Gasteiger partial charge on any atom is -0.288 e. The van der Waals surface area contributed by atoms with Crippen LogP contribution in [-0.2, 0) is 0 Å². The van der Waals surface area contributed by atoms with E-state index in [0.717, 1.165) is 19.5 Å². The van der Waals surface area contributed by atoms with Crippen LogP contribution in [0.5, 0.6) is 0 Å². The average molecular weight is 248 g/mol. The molecule has 2 heteroatoms. The van der Waals surface area contributed by atoms with Gasteiger partial charge in [0.2, 0.25) is 0 Å². The zero-order chi connectivity index (χ0) is 12.2. The molecule has 0 saturated carbocycles. The molecule has 98 valence electrons. The maximum Gasteiger partial charge on any atom is 0.0850 e. The van der Waals surface area contributed by atoms with Crippen molar-refractivity contribution in [1.82, 2.24) is 4.90 Å². The molecule has 0 spiro atoms. The van der Waals surface area contributed by atoms with Gasteiger partial charge < -0.3 is 0 Å². The summed E-state index contributed by atoms with van der Waals surface area (Å²) in [6.07, 6.45) is 10.7. The lowest BCUT2D eigenvalue weighted by Crippen LogP contribution is -2.30. The monoisotopic (exact) mass is 247 g/mol. The highest BCUT2D eigenvalue weighted by Crippen LogP contribution is 2.15. The van der Waals surface area contributed by atoms with Crippen molar-refractivity contribution in [3.63, 3.8) is 0 Å². The van der Waals surface area contributed by atoms with E-state index in [4.69, 9.17) is 11.6 Å². The molecule has 0 aliphatic carbocycles. The Bertz CT molecular complexity index is 135. The van der Waals surface area contributed by atoms with E-state index in [1.165, 1.54) is 44.9 Å². The highest BCUT2D eigenvalue weighted by atomic mass is 35.5. The number of alkyl halides is 1. The van der Waals surface area contributed by atoms with Gasteiger partial charge in [0.15, 0.2) is 0 Å². The number of hydrogen-bond donors (Lipinski definition) is 0. The largest absolute Gasteiger partial charge is 0.288 e. The molecule has 0 aromatic carbocycles. The number of halogens is 1. The second kappa shape index (κ2) is 11.7. The Morgan fingerprint density at radius 3 is 1.81 bits per heavy atom. The lowest BCUT2D eigenvalue weighted by atomic mass is 10.1. The van der Waals surface area contributed by atoms with Gasteiger partial charge in [0.25, 0.3) is 0 Å². The molecule has 1 atom stereocenters. The summed E-state index contributed by atoms with van der Waals surface area (Å²) in [5.41, 5.74) is 0.255. The predicted octanol–water partition coefficient (Wildman–Crippen LogP) is 5.03. The molecule has 16 heavy (non-hydrogen) atoms. The van der Waals surface area contributed by atoms with E-state index in [1.54, 1.807) is 0 Å². The van der Waals surface area contributed by atoms with Gasteiger partial charge in [-0.2, -0.15) is 0 Å². The summed E-state index contributed by atoms with van der Waals surface area (Å²) < 4.78 is 0. The fraction of sp³-hybridized carbons (Fsp3) is 1.00. The van der Waals surface area contributed by atoms with Crippen LogP contribution >= 0.6 is 11.6 Å². The number of nitrogens with zero attached hydrogens (tertiary/aromatic N) is 1. The molecule has 0 N–H and O–H groups in total. The summed E-state index contributed by atoms with van der Waals surface area (Å²) in [7, 11) is 0. The summed E-state index contributed by atoms with van der Waals surface area (Å²) >= 11 is 6.34. The summed E-state index contributed by atoms with van der Waals surface area (Å²) in [4.78, 5) is 2.33. The van der Waals surface area contributed by atoms with E-state index in [9.17, 15) is 0 Å². The SMILES string of the molecule is CCCCCCCCCC(Cl)N(CC)CC. The maximum absolute atomic E-state index is 6.34. The Hall–Kier alpha value is 0.250. The van der Waals surface area contributed by atoms with Crippen LogP contribution in [0.3, 0.4) is 0 Å². The molecule has 1 nitrogen and oxygen atoms in total. The second-order valence-electron chi connectivity index (χ2n) is 4.57. The fourth-order valence-electron chi connectivity index (χ4n) is 2.07. The minimum atomic E-state index is 0.255. The van der Waals surface area contributed by atoms with Gasteiger partial charge in [0.05, 0.1) is 5.50 Å². The molecule has 0 saturated heterocycles. The van der Waals surface area contributed by atoms with Crippen molar-refractivity contribution in [3.8, 4) is 0 Å². The smallest absolute Gasteiger partial charge is 0.0850 e. The summed E-state index contributed by atoms with van der Waals surface area (Å²) in [5, 5.41) is 0. The van der Waals surface area contributed by atoms with Crippen LogP contribution in [0.4, 0.5) is 0 Å². The van der Waals surface area contributed by atoms with Crippen LogP contribution in [0, 0.1) is 0 Å². The third-order valence-corrected chi connectivity index (χ3v) is 3.75. The van der Waals surface area contributed by atoms with Crippen LogP contribution in [0.15, 0.2) is 0 Å². The summed E-state index contributed by atoms with van der Waals surface area (Å²) in [6, 6.07) is 0. The lowest BCUT2D eigenvalue weighted by Gasteiger charge is -2.24. The van der Waals surface area contributed by atoms with Crippen molar-refractivity contribution >= 4 is 11.6 Å². The molecule has 0 bridgehead atoms. The molecule has 0 radical (unpaired) electrons. The topological polar surface area (TPSA) is 3.24 Å². The van der Waals surface area contributed by atoms with Crippen molar-refractivity contribution in [1.29, 1.82) is 0 Å². The minimum absolute atomic E-state index is 0.255. The van der Waals surface area contributed by atoms with Crippen molar-refractivity contribution in [2.45, 2.75) is 77.6 Å². The first kappa shape index (κ1) is 16.2. The van der Waals surface area contributed by atoms with Gasteiger partial charge in [0.1, 0.15) is 0 Å². The van der Waals surface area contributed by atoms with Gasteiger partial charge in [0, 0.05) is 0 Å². The highest BCUT2D eigenvalue weighted by Gasteiger charge is 2.10. The van der Waals surface area contributed by atoms with Crippen LogP contribution in [0.25, 0.3) is 0 Å². The van der Waals surface area contributed by atoms with E-state index in [1.807, 2.05) is 0 Å². The molecule has 0 heterocycles. The van der Waals surface area contributed by atoms with Crippen molar-refractivity contribution < 1.29 is 0 Å². The molecule has 1 unspecified atom stereocenters. The first-order valence-electron chi connectivity index (χ1n) is 7.14. The molecule has 0 aliphatic heterocycles. The van der Waals surface area contributed by atoms with E-state index >= 15 is 0 Å². The molecule has 0 fully saturated rings. The van der Waals surface area contributed by atoms with Crippen molar-refractivity contribution in [2.24, 2.45) is 0 Å². The predicted molar refractivity (Wildman–Crippen MR) is 75.2 cm³/mol. The van der Waals surface area contributed by atoms with Gasteiger partial charge in [-0.3, -0.25) is 4.90 Å². The fourth-order valence-corrected chi connectivity index (χ4v) is 2.50. The van der Waals surface area contributed by atoms with Gasteiger partial charge in [-0.15, -0.1) is 11.6 Å². The van der Waals surface area contributed by atoms with Gasteiger partial charge in [-0.1, -0.05) is 65.7 Å². The Kier molecular flexibility index (Phi) is 11.9. The molecular formula is C14H30ClN. The van der Waals surface area contributed by atoms with E-state index in [-0.39, 0.29) is 5.50 Å². The van der Waals surface area contributed by atoms with Crippen LogP contribution in [0.2, 0.25) is 0 Å². The standard InChI is InChI=1S/C14H30ClN/c1-4-7-8-9-10-11-12-13-14(15)16(5-2)6-3/h14H,4-13H2,1-3H3. The zero-order valence-electron chi connectivity index (χ0n) is 11.5. The van der Waals surface area contributed by atoms with E-state index < -0.39 is 0 Å². The zero-order valence-corrected chi connectivity index (χ0v) is 12.2. The molecule has 0 amide bonds. The van der Waals surface area contributed by atoms with Gasteiger partial charge in [-0.25, -0.2) is 0 Å². The highest BCUT2D eigenvalue weighted by molar-refractivity contribution is 6.20. The molecule has 0 aromatic heterocycles. The molecule has 0 rings (SSSR count). The van der Waals surface area contributed by atoms with Crippen LogP contribution in [-0.4, -0.2) is 23.5 Å². The molecule has 0 aromatic rings. The van der Waals surface area contributed by atoms with Gasteiger partial charge >= 0.3 is 0 Å². The van der Waals surface area contributed by atoms with Crippen LogP contribution in [0.1, 0.15) is 72.1 Å². The number of rotatable bonds is 11. The normalized spacial score (nSPS) is 13.3. The van der Waals surface area contributed by atoms with E-state index in [2.05, 4.69) is 25.7 Å². The Morgan fingerprint density at radius 2 is 1.31 bits per heavy atom. The number of unbranched alkanes of at least 4 members (excludes halogenated alkanes) is 6. The van der Waals surface area contributed by atoms with Crippen LogP contribution < -0.4 is 0 Å². The third-order valence-electron chi connectivity index (χ3n) is 3.25. The first-order valence-corrected chi connectivity index (χ1v) is 7.57. The molecule has 0 aliphatic rings. The third kappa shape index (κ3) is 8.41.